The van der Waals surface area contributed by atoms with Crippen LogP contribution in [0.2, 0.25) is 0 Å². The Morgan fingerprint density at radius 3 is 1.40 bits per heavy atom. The monoisotopic (exact) mass is 270 g/mol. The highest BCUT2D eigenvalue weighted by Gasteiger charge is 2.16. The Kier molecular flexibility index (Phi) is 3.68. The molecule has 0 saturated carbocycles. The van der Waals surface area contributed by atoms with E-state index in [4.69, 9.17) is 0 Å². The molecule has 0 spiro atoms. The Hall–Kier alpha value is -1.70. The van der Waals surface area contributed by atoms with E-state index in [1.165, 1.54) is 22.1 Å². The highest BCUT2D eigenvalue weighted by Crippen LogP contribution is 2.33. The van der Waals surface area contributed by atoms with Crippen LogP contribution in [-0.2, 0) is 0 Å². The number of nitrogens with one attached hydrogen (secondary N) is 2. The molecule has 2 N–H and O–H groups in total. The lowest BCUT2D eigenvalue weighted by Crippen LogP contribution is -2.27. The quantitative estimate of drug-likeness (QED) is 0.777. The Morgan fingerprint density at radius 1 is 0.650 bits per heavy atom. The van der Waals surface area contributed by atoms with E-state index in [0.29, 0.717) is 0 Å². The van der Waals surface area contributed by atoms with Crippen molar-refractivity contribution in [3.63, 3.8) is 0 Å². The van der Waals surface area contributed by atoms with Gasteiger partial charge in [0.25, 0.3) is 0 Å². The number of hydrogen-bond acceptors (Lipinski definition) is 2. The van der Waals surface area contributed by atoms with Crippen molar-refractivity contribution in [3.05, 3.63) is 36.4 Å². The summed E-state index contributed by atoms with van der Waals surface area (Å²) in [6.45, 7) is 13.1. The van der Waals surface area contributed by atoms with Crippen molar-refractivity contribution >= 4 is 22.1 Å². The van der Waals surface area contributed by atoms with Crippen molar-refractivity contribution in [3.8, 4) is 0 Å². The molecule has 0 fully saturated rings. The molecule has 0 saturated heterocycles. The van der Waals surface area contributed by atoms with Gasteiger partial charge < -0.3 is 10.6 Å². The van der Waals surface area contributed by atoms with Crippen LogP contribution in [0.3, 0.4) is 0 Å². The standard InChI is InChI=1S/C18H26N2/c1-17(2,3)19-14-11-7-9-13-10-8-12-15(16(13)14)20-18(4,5)6/h7-12,19-20H,1-6H3. The molecule has 108 valence electrons. The van der Waals surface area contributed by atoms with Crippen LogP contribution in [0.4, 0.5) is 11.4 Å². The van der Waals surface area contributed by atoms with Crippen LogP contribution in [0.25, 0.3) is 10.8 Å². The predicted octanol–water partition coefficient (Wildman–Crippen LogP) is 5.26. The second-order valence-corrected chi connectivity index (χ2v) is 7.46. The number of benzene rings is 2. The molecule has 2 rings (SSSR count). The Bertz CT molecular complexity index is 550. The molecule has 0 unspecified atom stereocenters. The SMILES string of the molecule is CC(C)(C)Nc1cccc2cccc(NC(C)(C)C)c12. The normalized spacial score (nSPS) is 12.5. The summed E-state index contributed by atoms with van der Waals surface area (Å²) in [6.07, 6.45) is 0. The molecular formula is C18H26N2. The molecule has 0 atom stereocenters. The zero-order chi connectivity index (χ0) is 15.0. The summed E-state index contributed by atoms with van der Waals surface area (Å²) in [4.78, 5) is 0. The Morgan fingerprint density at radius 2 is 1.05 bits per heavy atom. The molecular weight excluding hydrogens is 244 g/mol. The molecule has 0 aliphatic heterocycles. The van der Waals surface area contributed by atoms with E-state index in [9.17, 15) is 0 Å². The van der Waals surface area contributed by atoms with E-state index in [1.54, 1.807) is 0 Å². The third kappa shape index (κ3) is 3.66. The van der Waals surface area contributed by atoms with Gasteiger partial charge in [0.1, 0.15) is 0 Å². The molecule has 20 heavy (non-hydrogen) atoms. The van der Waals surface area contributed by atoms with Gasteiger partial charge in [0, 0.05) is 27.8 Å². The van der Waals surface area contributed by atoms with Gasteiger partial charge in [0.2, 0.25) is 0 Å². The molecule has 0 aliphatic carbocycles. The Labute approximate surface area is 122 Å². The van der Waals surface area contributed by atoms with Gasteiger partial charge in [0.15, 0.2) is 0 Å². The average Bonchev–Trinajstić information content (AvgIpc) is 2.25. The van der Waals surface area contributed by atoms with Gasteiger partial charge in [-0.25, -0.2) is 0 Å². The minimum absolute atomic E-state index is 0.0448. The Balaban J connectivity index is 2.58. The van der Waals surface area contributed by atoms with E-state index in [-0.39, 0.29) is 11.1 Å². The van der Waals surface area contributed by atoms with Crippen LogP contribution >= 0.6 is 0 Å². The molecule has 0 bridgehead atoms. The van der Waals surface area contributed by atoms with Crippen molar-refractivity contribution in [2.75, 3.05) is 10.6 Å². The van der Waals surface area contributed by atoms with Gasteiger partial charge in [-0.3, -0.25) is 0 Å². The number of fused-ring (bicyclic) bond motifs is 1. The summed E-state index contributed by atoms with van der Waals surface area (Å²) in [5.74, 6) is 0. The van der Waals surface area contributed by atoms with Crippen molar-refractivity contribution in [1.82, 2.24) is 0 Å². The van der Waals surface area contributed by atoms with E-state index in [0.717, 1.165) is 0 Å². The van der Waals surface area contributed by atoms with E-state index in [1.807, 2.05) is 0 Å². The van der Waals surface area contributed by atoms with Crippen LogP contribution < -0.4 is 10.6 Å². The fourth-order valence-corrected chi connectivity index (χ4v) is 2.36. The highest BCUT2D eigenvalue weighted by molar-refractivity contribution is 6.03. The third-order valence-electron chi connectivity index (χ3n) is 2.92. The third-order valence-corrected chi connectivity index (χ3v) is 2.92. The van der Waals surface area contributed by atoms with Gasteiger partial charge in [-0.2, -0.15) is 0 Å². The zero-order valence-corrected chi connectivity index (χ0v) is 13.5. The molecule has 2 heteroatoms. The maximum Gasteiger partial charge on any atom is 0.0444 e. The lowest BCUT2D eigenvalue weighted by molar-refractivity contribution is 0.633. The summed E-state index contributed by atoms with van der Waals surface area (Å²) in [5.41, 5.74) is 2.46. The van der Waals surface area contributed by atoms with Crippen LogP contribution in [0.5, 0.6) is 0 Å². The van der Waals surface area contributed by atoms with E-state index in [2.05, 4.69) is 88.6 Å². The molecule has 0 radical (unpaired) electrons. The number of hydrogen-bond donors (Lipinski definition) is 2. The molecule has 2 nitrogen and oxygen atoms in total. The summed E-state index contributed by atoms with van der Waals surface area (Å²) in [5, 5.41) is 9.74. The van der Waals surface area contributed by atoms with E-state index < -0.39 is 0 Å². The van der Waals surface area contributed by atoms with Crippen molar-refractivity contribution in [2.45, 2.75) is 52.6 Å². The lowest BCUT2D eigenvalue weighted by Gasteiger charge is -2.27. The maximum atomic E-state index is 3.61. The maximum absolute atomic E-state index is 3.61. The van der Waals surface area contributed by atoms with Gasteiger partial charge in [0.05, 0.1) is 0 Å². The van der Waals surface area contributed by atoms with Crippen LogP contribution in [0.15, 0.2) is 36.4 Å². The lowest BCUT2D eigenvalue weighted by atomic mass is 10.0. The minimum atomic E-state index is 0.0448. The first kappa shape index (κ1) is 14.7. The van der Waals surface area contributed by atoms with Crippen LogP contribution in [0.1, 0.15) is 41.5 Å². The van der Waals surface area contributed by atoms with Crippen molar-refractivity contribution < 1.29 is 0 Å². The smallest absolute Gasteiger partial charge is 0.0444 e. The molecule has 2 aromatic carbocycles. The summed E-state index contributed by atoms with van der Waals surface area (Å²) < 4.78 is 0. The molecule has 0 aromatic heterocycles. The second kappa shape index (κ2) is 5.01. The summed E-state index contributed by atoms with van der Waals surface area (Å²) >= 11 is 0. The van der Waals surface area contributed by atoms with Crippen molar-refractivity contribution in [1.29, 1.82) is 0 Å². The van der Waals surface area contributed by atoms with Crippen LogP contribution in [-0.4, -0.2) is 11.1 Å². The molecule has 0 heterocycles. The van der Waals surface area contributed by atoms with Gasteiger partial charge in [-0.1, -0.05) is 24.3 Å². The first-order valence-corrected chi connectivity index (χ1v) is 7.24. The van der Waals surface area contributed by atoms with Crippen molar-refractivity contribution in [2.24, 2.45) is 0 Å². The minimum Gasteiger partial charge on any atom is -0.380 e. The fraction of sp³-hybridized carbons (Fsp3) is 0.444. The van der Waals surface area contributed by atoms with Gasteiger partial charge >= 0.3 is 0 Å². The first-order valence-electron chi connectivity index (χ1n) is 7.24. The number of rotatable bonds is 2. The van der Waals surface area contributed by atoms with Gasteiger partial charge in [-0.15, -0.1) is 0 Å². The highest BCUT2D eigenvalue weighted by atomic mass is 15.0. The van der Waals surface area contributed by atoms with Gasteiger partial charge in [-0.05, 0) is 59.1 Å². The first-order chi connectivity index (χ1) is 9.16. The fourth-order valence-electron chi connectivity index (χ4n) is 2.36. The second-order valence-electron chi connectivity index (χ2n) is 7.46. The average molecular weight is 270 g/mol. The summed E-state index contributed by atoms with van der Waals surface area (Å²) in [6, 6.07) is 12.9. The largest absolute Gasteiger partial charge is 0.380 e. The molecule has 0 amide bonds. The number of anilines is 2. The predicted molar refractivity (Wildman–Crippen MR) is 90.7 cm³/mol. The summed E-state index contributed by atoms with van der Waals surface area (Å²) in [7, 11) is 0. The molecule has 2 aromatic rings. The zero-order valence-electron chi connectivity index (χ0n) is 13.5. The molecule has 0 aliphatic rings. The van der Waals surface area contributed by atoms with Crippen LogP contribution in [0, 0.1) is 0 Å². The van der Waals surface area contributed by atoms with E-state index >= 15 is 0 Å². The topological polar surface area (TPSA) is 24.1 Å².